The molecule has 13 heavy (non-hydrogen) atoms. The number of hydrogen-bond donors (Lipinski definition) is 2. The van der Waals surface area contributed by atoms with Gasteiger partial charge in [-0.2, -0.15) is 0 Å². The Balaban J connectivity index is 2.87. The average Bonchev–Trinajstić information content (AvgIpc) is 2.42. The summed E-state index contributed by atoms with van der Waals surface area (Å²) in [6.45, 7) is 3.90. The summed E-state index contributed by atoms with van der Waals surface area (Å²) in [5.41, 5.74) is 0.788. The van der Waals surface area contributed by atoms with Crippen LogP contribution in [0.25, 0.3) is 0 Å². The topological polar surface area (TPSA) is 40.5 Å². The van der Waals surface area contributed by atoms with Crippen molar-refractivity contribution in [2.24, 2.45) is 0 Å². The van der Waals surface area contributed by atoms with Crippen molar-refractivity contribution in [1.82, 2.24) is 0 Å². The summed E-state index contributed by atoms with van der Waals surface area (Å²) in [7, 11) is 0. The Morgan fingerprint density at radius 3 is 2.46 bits per heavy atom. The number of halogens is 1. The summed E-state index contributed by atoms with van der Waals surface area (Å²) in [5.74, 6) is 0.0511. The van der Waals surface area contributed by atoms with E-state index in [2.05, 4.69) is 0 Å². The van der Waals surface area contributed by atoms with Crippen molar-refractivity contribution in [3.63, 3.8) is 0 Å². The molecule has 0 aliphatic heterocycles. The molecule has 0 bridgehead atoms. The number of thiophene rings is 1. The Labute approximate surface area is 86.8 Å². The second kappa shape index (κ2) is 4.42. The zero-order valence-corrected chi connectivity index (χ0v) is 9.19. The van der Waals surface area contributed by atoms with Crippen molar-refractivity contribution in [1.29, 1.82) is 0 Å². The zero-order valence-electron chi connectivity index (χ0n) is 7.62. The lowest BCUT2D eigenvalue weighted by Gasteiger charge is -2.14. The highest BCUT2D eigenvalue weighted by molar-refractivity contribution is 7.12. The van der Waals surface area contributed by atoms with E-state index in [0.717, 1.165) is 15.3 Å². The van der Waals surface area contributed by atoms with Gasteiger partial charge >= 0.3 is 0 Å². The SMILES string of the molecule is Cc1cc(C(O)C(O)CCl)c(C)s1. The first-order chi connectivity index (χ1) is 6.06. The molecule has 0 aliphatic rings. The molecule has 0 saturated carbocycles. The van der Waals surface area contributed by atoms with Crippen LogP contribution in [0.1, 0.15) is 21.4 Å². The fourth-order valence-corrected chi connectivity index (χ4v) is 2.37. The van der Waals surface area contributed by atoms with Crippen LogP contribution in [-0.2, 0) is 0 Å². The van der Waals surface area contributed by atoms with Crippen molar-refractivity contribution < 1.29 is 10.2 Å². The molecule has 2 unspecified atom stereocenters. The molecule has 0 aromatic carbocycles. The largest absolute Gasteiger partial charge is 0.389 e. The van der Waals surface area contributed by atoms with E-state index in [4.69, 9.17) is 11.6 Å². The third-order valence-electron chi connectivity index (χ3n) is 1.92. The molecular weight excluding hydrogens is 208 g/mol. The molecule has 1 rings (SSSR count). The van der Waals surface area contributed by atoms with Crippen LogP contribution in [0.3, 0.4) is 0 Å². The second-order valence-corrected chi connectivity index (χ2v) is 4.80. The Bertz CT molecular complexity index is 285. The van der Waals surface area contributed by atoms with Gasteiger partial charge in [-0.25, -0.2) is 0 Å². The van der Waals surface area contributed by atoms with E-state index in [9.17, 15) is 10.2 Å². The number of hydrogen-bond acceptors (Lipinski definition) is 3. The van der Waals surface area contributed by atoms with Crippen LogP contribution < -0.4 is 0 Å². The molecule has 2 atom stereocenters. The van der Waals surface area contributed by atoms with Gasteiger partial charge < -0.3 is 10.2 Å². The minimum absolute atomic E-state index is 0.0511. The molecule has 74 valence electrons. The number of rotatable bonds is 3. The highest BCUT2D eigenvalue weighted by Gasteiger charge is 2.20. The highest BCUT2D eigenvalue weighted by atomic mass is 35.5. The van der Waals surface area contributed by atoms with Gasteiger partial charge in [-0.1, -0.05) is 0 Å². The van der Waals surface area contributed by atoms with E-state index < -0.39 is 12.2 Å². The van der Waals surface area contributed by atoms with E-state index >= 15 is 0 Å². The molecule has 0 fully saturated rings. The molecule has 1 aromatic heterocycles. The minimum Gasteiger partial charge on any atom is -0.389 e. The van der Waals surface area contributed by atoms with E-state index in [1.807, 2.05) is 19.9 Å². The van der Waals surface area contributed by atoms with Gasteiger partial charge in [-0.05, 0) is 25.5 Å². The van der Waals surface area contributed by atoms with Crippen LogP contribution in [0.5, 0.6) is 0 Å². The molecule has 4 heteroatoms. The van der Waals surface area contributed by atoms with Crippen molar-refractivity contribution in [2.75, 3.05) is 5.88 Å². The first-order valence-corrected chi connectivity index (χ1v) is 5.40. The average molecular weight is 221 g/mol. The Kier molecular flexibility index (Phi) is 3.74. The second-order valence-electron chi connectivity index (χ2n) is 3.04. The quantitative estimate of drug-likeness (QED) is 0.765. The lowest BCUT2D eigenvalue weighted by atomic mass is 10.1. The Hall–Kier alpha value is -0.0900. The maximum atomic E-state index is 9.66. The maximum Gasteiger partial charge on any atom is 0.107 e. The molecule has 2 nitrogen and oxygen atoms in total. The maximum absolute atomic E-state index is 9.66. The van der Waals surface area contributed by atoms with Gasteiger partial charge in [0.1, 0.15) is 6.10 Å². The third kappa shape index (κ3) is 2.44. The minimum atomic E-state index is -0.880. The molecule has 0 saturated heterocycles. The predicted octanol–water partition coefficient (Wildman–Crippen LogP) is 2.00. The van der Waals surface area contributed by atoms with Gasteiger partial charge in [-0.3, -0.25) is 0 Å². The Morgan fingerprint density at radius 2 is 2.08 bits per heavy atom. The lowest BCUT2D eigenvalue weighted by molar-refractivity contribution is 0.0326. The Morgan fingerprint density at radius 1 is 1.46 bits per heavy atom. The first-order valence-electron chi connectivity index (χ1n) is 4.05. The van der Waals surface area contributed by atoms with Gasteiger partial charge in [0.05, 0.1) is 12.0 Å². The van der Waals surface area contributed by atoms with E-state index in [-0.39, 0.29) is 5.88 Å². The monoisotopic (exact) mass is 220 g/mol. The molecule has 2 N–H and O–H groups in total. The lowest BCUT2D eigenvalue weighted by Crippen LogP contribution is -2.19. The molecule has 0 aliphatic carbocycles. The van der Waals surface area contributed by atoms with Crippen LogP contribution in [0.2, 0.25) is 0 Å². The number of aliphatic hydroxyl groups excluding tert-OH is 2. The normalized spacial score (nSPS) is 15.8. The molecule has 1 heterocycles. The first kappa shape index (κ1) is 11.0. The summed E-state index contributed by atoms with van der Waals surface area (Å²) in [5, 5.41) is 19.0. The van der Waals surface area contributed by atoms with Crippen LogP contribution in [0.4, 0.5) is 0 Å². The van der Waals surface area contributed by atoms with Crippen LogP contribution >= 0.6 is 22.9 Å². The summed E-state index contributed by atoms with van der Waals surface area (Å²) < 4.78 is 0. The zero-order chi connectivity index (χ0) is 10.0. The predicted molar refractivity (Wildman–Crippen MR) is 55.5 cm³/mol. The van der Waals surface area contributed by atoms with Crippen LogP contribution in [0.15, 0.2) is 6.07 Å². The highest BCUT2D eigenvalue weighted by Crippen LogP contribution is 2.28. The molecule has 0 spiro atoms. The number of aryl methyl sites for hydroxylation is 2. The fourth-order valence-electron chi connectivity index (χ4n) is 1.24. The third-order valence-corrected chi connectivity index (χ3v) is 3.22. The van der Waals surface area contributed by atoms with Crippen molar-refractivity contribution in [2.45, 2.75) is 26.1 Å². The summed E-state index contributed by atoms with van der Waals surface area (Å²) in [6.07, 6.45) is -1.74. The summed E-state index contributed by atoms with van der Waals surface area (Å²) in [6, 6.07) is 1.89. The molecular formula is C9H13ClO2S. The van der Waals surface area contributed by atoms with E-state index in [1.54, 1.807) is 11.3 Å². The van der Waals surface area contributed by atoms with Crippen molar-refractivity contribution >= 4 is 22.9 Å². The summed E-state index contributed by atoms with van der Waals surface area (Å²) >= 11 is 7.06. The van der Waals surface area contributed by atoms with Gasteiger partial charge in [0.15, 0.2) is 0 Å². The van der Waals surface area contributed by atoms with Crippen molar-refractivity contribution in [3.05, 3.63) is 21.4 Å². The number of aliphatic hydroxyl groups is 2. The molecule has 0 radical (unpaired) electrons. The van der Waals surface area contributed by atoms with Gasteiger partial charge in [0.25, 0.3) is 0 Å². The van der Waals surface area contributed by atoms with E-state index in [0.29, 0.717) is 0 Å². The van der Waals surface area contributed by atoms with Gasteiger partial charge in [0, 0.05) is 9.75 Å². The standard InChI is InChI=1S/C9H13ClO2S/c1-5-3-7(6(2)13-5)9(12)8(11)4-10/h3,8-9,11-12H,4H2,1-2H3. The smallest absolute Gasteiger partial charge is 0.107 e. The summed E-state index contributed by atoms with van der Waals surface area (Å²) in [4.78, 5) is 2.17. The van der Waals surface area contributed by atoms with E-state index in [1.165, 1.54) is 0 Å². The van der Waals surface area contributed by atoms with Gasteiger partial charge in [0.2, 0.25) is 0 Å². The van der Waals surface area contributed by atoms with Crippen LogP contribution in [-0.4, -0.2) is 22.2 Å². The molecule has 1 aromatic rings. The number of alkyl halides is 1. The van der Waals surface area contributed by atoms with Crippen LogP contribution in [0, 0.1) is 13.8 Å². The molecule has 0 amide bonds. The van der Waals surface area contributed by atoms with Crippen molar-refractivity contribution in [3.8, 4) is 0 Å². The fraction of sp³-hybridized carbons (Fsp3) is 0.556. The van der Waals surface area contributed by atoms with Gasteiger partial charge in [-0.15, -0.1) is 22.9 Å².